The van der Waals surface area contributed by atoms with Gasteiger partial charge in [-0.1, -0.05) is 22.5 Å². The van der Waals surface area contributed by atoms with Crippen molar-refractivity contribution in [3.05, 3.63) is 11.1 Å². The molecule has 0 unspecified atom stereocenters. The quantitative estimate of drug-likeness (QED) is 0.715. The molecule has 1 heterocycles. The van der Waals surface area contributed by atoms with Gasteiger partial charge in [0.25, 0.3) is 0 Å². The minimum absolute atomic E-state index is 0.219. The third-order valence-electron chi connectivity index (χ3n) is 2.83. The lowest BCUT2D eigenvalue weighted by atomic mass is 10.2. The van der Waals surface area contributed by atoms with Gasteiger partial charge in [0.1, 0.15) is 5.60 Å². The van der Waals surface area contributed by atoms with Gasteiger partial charge in [-0.3, -0.25) is 4.90 Å². The fraction of sp³-hybridized carbons (Fsp3) is 0.786. The number of ether oxygens (including phenoxy) is 2. The Balaban J connectivity index is 2.19. The van der Waals surface area contributed by atoms with Gasteiger partial charge in [-0.15, -0.1) is 0 Å². The number of nitrogens with zero attached hydrogens (tertiary/aromatic N) is 2. The number of hydrogen-bond donors (Lipinski definition) is 0. The molecule has 1 saturated heterocycles. The average molecular weight is 349 g/mol. The molecule has 5 nitrogen and oxygen atoms in total. The van der Waals surface area contributed by atoms with E-state index in [1.54, 1.807) is 4.90 Å². The predicted molar refractivity (Wildman–Crippen MR) is 83.1 cm³/mol. The van der Waals surface area contributed by atoms with Gasteiger partial charge in [-0.25, -0.2) is 4.79 Å². The summed E-state index contributed by atoms with van der Waals surface area (Å²) in [6.07, 6.45) is -0.219. The van der Waals surface area contributed by atoms with E-state index in [0.29, 0.717) is 26.3 Å². The van der Waals surface area contributed by atoms with Crippen molar-refractivity contribution in [3.63, 3.8) is 0 Å². The Bertz CT molecular complexity index is 334. The molecular formula is C14H25BrN2O3. The normalized spacial score (nSPS) is 17.1. The number of rotatable bonds is 5. The van der Waals surface area contributed by atoms with Gasteiger partial charge in [-0.2, -0.15) is 0 Å². The molecule has 1 fully saturated rings. The van der Waals surface area contributed by atoms with Crippen LogP contribution in [-0.4, -0.2) is 67.4 Å². The molecule has 0 radical (unpaired) electrons. The summed E-state index contributed by atoms with van der Waals surface area (Å²) in [6.45, 7) is 14.6. The Labute approximate surface area is 130 Å². The molecule has 0 spiro atoms. The first-order valence-corrected chi connectivity index (χ1v) is 7.68. The molecule has 0 bridgehead atoms. The van der Waals surface area contributed by atoms with Crippen molar-refractivity contribution in [2.45, 2.75) is 26.4 Å². The molecule has 116 valence electrons. The van der Waals surface area contributed by atoms with Crippen molar-refractivity contribution < 1.29 is 14.3 Å². The summed E-state index contributed by atoms with van der Waals surface area (Å²) in [7, 11) is 0. The highest BCUT2D eigenvalue weighted by Crippen LogP contribution is 2.11. The van der Waals surface area contributed by atoms with Crippen LogP contribution in [-0.2, 0) is 9.47 Å². The van der Waals surface area contributed by atoms with Gasteiger partial charge in [0.05, 0.1) is 13.2 Å². The van der Waals surface area contributed by atoms with E-state index in [4.69, 9.17) is 9.47 Å². The van der Waals surface area contributed by atoms with Crippen LogP contribution in [0.4, 0.5) is 4.79 Å². The second-order valence-corrected chi connectivity index (χ2v) is 7.00. The van der Waals surface area contributed by atoms with Crippen molar-refractivity contribution in [2.75, 3.05) is 45.9 Å². The lowest BCUT2D eigenvalue weighted by Crippen LogP contribution is -2.50. The van der Waals surface area contributed by atoms with Crippen LogP contribution in [0.3, 0.4) is 0 Å². The molecule has 6 heteroatoms. The highest BCUT2D eigenvalue weighted by molar-refractivity contribution is 9.11. The molecule has 0 aromatic rings. The van der Waals surface area contributed by atoms with Crippen LogP contribution in [0.5, 0.6) is 0 Å². The van der Waals surface area contributed by atoms with Crippen LogP contribution in [0, 0.1) is 0 Å². The van der Waals surface area contributed by atoms with Gasteiger partial charge in [0.2, 0.25) is 0 Å². The number of carbonyl (C=O) groups is 1. The average Bonchev–Trinajstić information content (AvgIpc) is 2.33. The second-order valence-electron chi connectivity index (χ2n) is 5.88. The molecule has 20 heavy (non-hydrogen) atoms. The van der Waals surface area contributed by atoms with Crippen molar-refractivity contribution >= 4 is 22.0 Å². The van der Waals surface area contributed by atoms with E-state index in [2.05, 4.69) is 27.4 Å². The van der Waals surface area contributed by atoms with Crippen molar-refractivity contribution in [3.8, 4) is 0 Å². The smallest absolute Gasteiger partial charge is 0.410 e. The third-order valence-corrected chi connectivity index (χ3v) is 3.06. The molecule has 1 rings (SSSR count). The van der Waals surface area contributed by atoms with E-state index in [9.17, 15) is 4.79 Å². The molecular weight excluding hydrogens is 324 g/mol. The van der Waals surface area contributed by atoms with E-state index in [0.717, 1.165) is 24.1 Å². The van der Waals surface area contributed by atoms with E-state index in [1.807, 2.05) is 20.8 Å². The first-order valence-electron chi connectivity index (χ1n) is 6.89. The molecule has 1 aliphatic heterocycles. The number of carbonyl (C=O) groups excluding carboxylic acids is 1. The third kappa shape index (κ3) is 7.26. The maximum atomic E-state index is 11.9. The summed E-state index contributed by atoms with van der Waals surface area (Å²) >= 11 is 3.26. The second kappa shape index (κ2) is 8.00. The molecule has 0 N–H and O–H groups in total. The van der Waals surface area contributed by atoms with E-state index in [-0.39, 0.29) is 6.09 Å². The molecule has 0 saturated carbocycles. The van der Waals surface area contributed by atoms with E-state index in [1.165, 1.54) is 0 Å². The molecule has 0 aliphatic carbocycles. The summed E-state index contributed by atoms with van der Waals surface area (Å²) in [5.74, 6) is 0. The monoisotopic (exact) mass is 348 g/mol. The number of halogens is 1. The highest BCUT2D eigenvalue weighted by Gasteiger charge is 2.25. The van der Waals surface area contributed by atoms with Crippen LogP contribution < -0.4 is 0 Å². The SMILES string of the molecule is C=C(Br)COCCN1CCN(C(=O)OC(C)(C)C)CC1. The van der Waals surface area contributed by atoms with E-state index >= 15 is 0 Å². The minimum atomic E-state index is -0.430. The Morgan fingerprint density at radius 3 is 2.35 bits per heavy atom. The Kier molecular flexibility index (Phi) is 6.99. The standard InChI is InChI=1S/C14H25BrN2O3/c1-12(15)11-19-10-9-16-5-7-17(8-6-16)13(18)20-14(2,3)4/h1,5-11H2,2-4H3. The minimum Gasteiger partial charge on any atom is -0.444 e. The topological polar surface area (TPSA) is 42.0 Å². The molecule has 0 aromatic heterocycles. The highest BCUT2D eigenvalue weighted by atomic mass is 79.9. The Morgan fingerprint density at radius 1 is 1.25 bits per heavy atom. The summed E-state index contributed by atoms with van der Waals surface area (Å²) in [6, 6.07) is 0. The fourth-order valence-corrected chi connectivity index (χ4v) is 2.02. The predicted octanol–water partition coefficient (Wildman–Crippen LogP) is 2.46. The van der Waals surface area contributed by atoms with Gasteiger partial charge in [0, 0.05) is 37.2 Å². The van der Waals surface area contributed by atoms with Gasteiger partial charge >= 0.3 is 6.09 Å². The van der Waals surface area contributed by atoms with Crippen LogP contribution in [0.1, 0.15) is 20.8 Å². The Morgan fingerprint density at radius 2 is 1.85 bits per heavy atom. The van der Waals surface area contributed by atoms with Crippen LogP contribution in [0.25, 0.3) is 0 Å². The van der Waals surface area contributed by atoms with Crippen molar-refractivity contribution in [1.29, 1.82) is 0 Å². The van der Waals surface area contributed by atoms with Crippen LogP contribution >= 0.6 is 15.9 Å². The summed E-state index contributed by atoms with van der Waals surface area (Å²) < 4.78 is 11.7. The van der Waals surface area contributed by atoms with Crippen molar-refractivity contribution in [1.82, 2.24) is 9.80 Å². The van der Waals surface area contributed by atoms with Gasteiger partial charge in [-0.05, 0) is 20.8 Å². The first kappa shape index (κ1) is 17.5. The lowest BCUT2D eigenvalue weighted by Gasteiger charge is -2.35. The van der Waals surface area contributed by atoms with Crippen LogP contribution in [0.15, 0.2) is 11.1 Å². The zero-order chi connectivity index (χ0) is 15.2. The van der Waals surface area contributed by atoms with Gasteiger partial charge < -0.3 is 14.4 Å². The number of piperazine rings is 1. The van der Waals surface area contributed by atoms with Gasteiger partial charge in [0.15, 0.2) is 0 Å². The van der Waals surface area contributed by atoms with Crippen molar-refractivity contribution in [2.24, 2.45) is 0 Å². The fourth-order valence-electron chi connectivity index (χ4n) is 1.86. The molecule has 0 atom stereocenters. The molecule has 0 aromatic carbocycles. The maximum Gasteiger partial charge on any atom is 0.410 e. The summed E-state index contributed by atoms with van der Waals surface area (Å²) in [4.78, 5) is 16.0. The lowest BCUT2D eigenvalue weighted by molar-refractivity contribution is 0.0121. The molecule has 1 aliphatic rings. The van der Waals surface area contributed by atoms with Crippen LogP contribution in [0.2, 0.25) is 0 Å². The Hall–Kier alpha value is -0.590. The zero-order valence-corrected chi connectivity index (χ0v) is 14.2. The summed E-state index contributed by atoms with van der Waals surface area (Å²) in [5, 5.41) is 0. The maximum absolute atomic E-state index is 11.9. The number of amides is 1. The number of hydrogen-bond acceptors (Lipinski definition) is 4. The first-order chi connectivity index (χ1) is 9.28. The zero-order valence-electron chi connectivity index (χ0n) is 12.7. The van der Waals surface area contributed by atoms with E-state index < -0.39 is 5.60 Å². The molecule has 1 amide bonds. The largest absolute Gasteiger partial charge is 0.444 e. The summed E-state index contributed by atoms with van der Waals surface area (Å²) in [5.41, 5.74) is -0.430.